The van der Waals surface area contributed by atoms with Gasteiger partial charge in [0.25, 0.3) is 0 Å². The molecule has 0 bridgehead atoms. The number of benzene rings is 1. The van der Waals surface area contributed by atoms with Gasteiger partial charge >= 0.3 is 5.97 Å². The molecule has 3 N–H and O–H groups in total. The van der Waals surface area contributed by atoms with Crippen LogP contribution in [0, 0.1) is 0 Å². The highest BCUT2D eigenvalue weighted by molar-refractivity contribution is 5.88. The molecule has 0 radical (unpaired) electrons. The maximum absolute atomic E-state index is 11.0. The lowest BCUT2D eigenvalue weighted by molar-refractivity contribution is 0.0332. The monoisotopic (exact) mass is 303 g/mol. The average molecular weight is 303 g/mol. The molecule has 22 heavy (non-hydrogen) atoms. The van der Waals surface area contributed by atoms with Crippen LogP contribution in [0.5, 0.6) is 0 Å². The van der Waals surface area contributed by atoms with E-state index in [1.165, 1.54) is 11.1 Å². The first kappa shape index (κ1) is 16.6. The fourth-order valence-corrected chi connectivity index (χ4v) is 2.74. The van der Waals surface area contributed by atoms with E-state index in [2.05, 4.69) is 26.1 Å². The lowest BCUT2D eigenvalue weighted by atomic mass is 9.87. The van der Waals surface area contributed by atoms with E-state index in [9.17, 15) is 9.90 Å². The summed E-state index contributed by atoms with van der Waals surface area (Å²) in [6.45, 7) is 8.12. The third kappa shape index (κ3) is 3.50. The average Bonchev–Trinajstić information content (AvgIpc) is 2.88. The van der Waals surface area contributed by atoms with Crippen LogP contribution in [-0.2, 0) is 6.42 Å². The summed E-state index contributed by atoms with van der Waals surface area (Å²) in [7, 11) is 0. The number of nitrogens with one attached hydrogen (secondary N) is 1. The molecule has 1 aromatic carbocycles. The van der Waals surface area contributed by atoms with Gasteiger partial charge in [-0.15, -0.1) is 0 Å². The number of fused-ring (bicyclic) bond motifs is 1. The molecule has 2 unspecified atom stereocenters. The molecule has 0 saturated carbocycles. The minimum absolute atomic E-state index is 0.0866. The Kier molecular flexibility index (Phi) is 4.61. The molecule has 0 aromatic heterocycles. The van der Waals surface area contributed by atoms with Crippen LogP contribution in [0.1, 0.15) is 56.5 Å². The molecule has 4 nitrogen and oxygen atoms in total. The third-order valence-corrected chi connectivity index (χ3v) is 4.72. The summed E-state index contributed by atoms with van der Waals surface area (Å²) >= 11 is 0. The van der Waals surface area contributed by atoms with Crippen LogP contribution in [-0.4, -0.2) is 27.8 Å². The van der Waals surface area contributed by atoms with E-state index >= 15 is 0 Å². The number of anilines is 1. The zero-order valence-electron chi connectivity index (χ0n) is 13.7. The van der Waals surface area contributed by atoms with Crippen LogP contribution in [0.25, 0.3) is 0 Å². The Morgan fingerprint density at radius 1 is 1.36 bits per heavy atom. The van der Waals surface area contributed by atoms with Crippen molar-refractivity contribution in [3.8, 4) is 0 Å². The Morgan fingerprint density at radius 2 is 2.05 bits per heavy atom. The summed E-state index contributed by atoms with van der Waals surface area (Å²) in [5.74, 6) is -0.919. The number of allylic oxidation sites excluding steroid dienone is 2. The topological polar surface area (TPSA) is 69.6 Å². The fourth-order valence-electron chi connectivity index (χ4n) is 2.74. The summed E-state index contributed by atoms with van der Waals surface area (Å²) in [4.78, 5) is 11.0. The number of hydrogen-bond donors (Lipinski definition) is 3. The lowest BCUT2D eigenvalue weighted by Crippen LogP contribution is -2.43. The Hall–Kier alpha value is -1.81. The molecule has 4 heteroatoms. The van der Waals surface area contributed by atoms with E-state index in [0.717, 1.165) is 17.7 Å². The first-order valence-electron chi connectivity index (χ1n) is 7.69. The minimum atomic E-state index is -0.919. The van der Waals surface area contributed by atoms with E-state index in [4.69, 9.17) is 5.11 Å². The van der Waals surface area contributed by atoms with Crippen LogP contribution < -0.4 is 5.32 Å². The van der Waals surface area contributed by atoms with E-state index < -0.39 is 11.6 Å². The molecule has 0 amide bonds. The van der Waals surface area contributed by atoms with Crippen molar-refractivity contribution in [2.24, 2.45) is 0 Å². The number of carboxylic acids is 1. The fraction of sp³-hybridized carbons (Fsp3) is 0.500. The van der Waals surface area contributed by atoms with Crippen molar-refractivity contribution < 1.29 is 15.0 Å². The van der Waals surface area contributed by atoms with Gasteiger partial charge in [-0.1, -0.05) is 11.1 Å². The quantitative estimate of drug-likeness (QED) is 0.727. The highest BCUT2D eigenvalue weighted by Crippen LogP contribution is 2.34. The van der Waals surface area contributed by atoms with Crippen molar-refractivity contribution in [1.82, 2.24) is 0 Å². The molecule has 2 rings (SSSR count). The summed E-state index contributed by atoms with van der Waals surface area (Å²) in [5.41, 5.74) is 3.95. The van der Waals surface area contributed by atoms with Crippen molar-refractivity contribution in [3.63, 3.8) is 0 Å². The molecule has 0 saturated heterocycles. The molecule has 120 valence electrons. The van der Waals surface area contributed by atoms with Gasteiger partial charge in [-0.05, 0) is 70.7 Å². The molecule has 0 aliphatic carbocycles. The van der Waals surface area contributed by atoms with Gasteiger partial charge < -0.3 is 15.5 Å². The summed E-state index contributed by atoms with van der Waals surface area (Å²) in [5, 5.41) is 23.2. The number of aliphatic hydroxyl groups is 1. The summed E-state index contributed by atoms with van der Waals surface area (Å²) in [6.07, 6.45) is 2.20. The molecule has 1 aliphatic heterocycles. The van der Waals surface area contributed by atoms with Gasteiger partial charge in [0.2, 0.25) is 0 Å². The second-order valence-corrected chi connectivity index (χ2v) is 6.72. The van der Waals surface area contributed by atoms with Gasteiger partial charge in [-0.25, -0.2) is 4.79 Å². The Labute approximate surface area is 131 Å². The second-order valence-electron chi connectivity index (χ2n) is 6.72. The van der Waals surface area contributed by atoms with E-state index in [-0.39, 0.29) is 6.04 Å². The smallest absolute Gasteiger partial charge is 0.335 e. The van der Waals surface area contributed by atoms with Gasteiger partial charge in [0.1, 0.15) is 0 Å². The lowest BCUT2D eigenvalue weighted by Gasteiger charge is -2.31. The molecule has 1 aromatic rings. The maximum Gasteiger partial charge on any atom is 0.335 e. The van der Waals surface area contributed by atoms with Gasteiger partial charge in [0.15, 0.2) is 0 Å². The Bertz CT molecular complexity index is 613. The number of rotatable bonds is 5. The summed E-state index contributed by atoms with van der Waals surface area (Å²) in [6, 6.07) is 4.99. The molecule has 1 aliphatic rings. The number of carbonyl (C=O) groups is 1. The Balaban J connectivity index is 2.08. The zero-order chi connectivity index (χ0) is 16.5. The first-order chi connectivity index (χ1) is 10.2. The third-order valence-electron chi connectivity index (χ3n) is 4.72. The Morgan fingerprint density at radius 3 is 2.64 bits per heavy atom. The predicted octanol–water partition coefficient (Wildman–Crippen LogP) is 3.61. The SMILES string of the molecule is CC(C)=C(C)CCC(C)(O)C1Cc2cc(C(=O)O)ccc2N1. The zero-order valence-corrected chi connectivity index (χ0v) is 13.7. The highest BCUT2D eigenvalue weighted by atomic mass is 16.4. The van der Waals surface area contributed by atoms with Crippen LogP contribution in [0.3, 0.4) is 0 Å². The van der Waals surface area contributed by atoms with Gasteiger partial charge in [-0.3, -0.25) is 0 Å². The van der Waals surface area contributed by atoms with E-state index in [1.54, 1.807) is 18.2 Å². The highest BCUT2D eigenvalue weighted by Gasteiger charge is 2.36. The van der Waals surface area contributed by atoms with E-state index in [0.29, 0.717) is 18.4 Å². The van der Waals surface area contributed by atoms with Crippen molar-refractivity contribution in [2.75, 3.05) is 5.32 Å². The van der Waals surface area contributed by atoms with Gasteiger partial charge in [0, 0.05) is 5.69 Å². The predicted molar refractivity (Wildman–Crippen MR) is 88.4 cm³/mol. The number of aromatic carboxylic acids is 1. The standard InChI is InChI=1S/C18H25NO3/c1-11(2)12(3)7-8-18(4,22)16-10-14-9-13(17(20)21)5-6-15(14)19-16/h5-6,9,16,19,22H,7-8,10H2,1-4H3,(H,20,21). The van der Waals surface area contributed by atoms with Crippen LogP contribution in [0.2, 0.25) is 0 Å². The molecular weight excluding hydrogens is 278 g/mol. The maximum atomic E-state index is 11.0. The van der Waals surface area contributed by atoms with Crippen LogP contribution in [0.15, 0.2) is 29.3 Å². The molecule has 2 atom stereocenters. The molecule has 1 heterocycles. The number of hydrogen-bond acceptors (Lipinski definition) is 3. The van der Waals surface area contributed by atoms with Crippen molar-refractivity contribution in [1.29, 1.82) is 0 Å². The first-order valence-corrected chi connectivity index (χ1v) is 7.69. The normalized spacial score (nSPS) is 19.0. The van der Waals surface area contributed by atoms with Gasteiger partial charge in [0.05, 0.1) is 17.2 Å². The molecule has 0 fully saturated rings. The van der Waals surface area contributed by atoms with Crippen molar-refractivity contribution in [3.05, 3.63) is 40.5 Å². The van der Waals surface area contributed by atoms with Gasteiger partial charge in [-0.2, -0.15) is 0 Å². The number of carboxylic acid groups (broad SMARTS) is 1. The second kappa shape index (κ2) is 6.13. The van der Waals surface area contributed by atoms with Crippen molar-refractivity contribution in [2.45, 2.75) is 58.6 Å². The van der Waals surface area contributed by atoms with Crippen LogP contribution >= 0.6 is 0 Å². The summed E-state index contributed by atoms with van der Waals surface area (Å²) < 4.78 is 0. The van der Waals surface area contributed by atoms with Crippen molar-refractivity contribution >= 4 is 11.7 Å². The molecule has 0 spiro atoms. The van der Waals surface area contributed by atoms with E-state index in [1.807, 2.05) is 6.92 Å². The largest absolute Gasteiger partial charge is 0.478 e. The molecular formula is C18H25NO3. The van der Waals surface area contributed by atoms with Crippen LogP contribution in [0.4, 0.5) is 5.69 Å². The minimum Gasteiger partial charge on any atom is -0.478 e.